The third-order valence-corrected chi connectivity index (χ3v) is 7.35. The molecule has 39 heavy (non-hydrogen) atoms. The molecule has 0 bridgehead atoms. The third-order valence-electron chi connectivity index (χ3n) is 5.33. The van der Waals surface area contributed by atoms with Crippen LogP contribution in [0.5, 0.6) is 0 Å². The minimum atomic E-state index is -1.08. The summed E-state index contributed by atoms with van der Waals surface area (Å²) in [6.45, 7) is 3.88. The van der Waals surface area contributed by atoms with Gasteiger partial charge in [0, 0.05) is 30.8 Å². The summed E-state index contributed by atoms with van der Waals surface area (Å²) in [6, 6.07) is -1.08. The predicted molar refractivity (Wildman–Crippen MR) is 138 cm³/mol. The van der Waals surface area contributed by atoms with E-state index in [9.17, 15) is 29.2 Å². The summed E-state index contributed by atoms with van der Waals surface area (Å²) in [5.41, 5.74) is 4.42. The summed E-state index contributed by atoms with van der Waals surface area (Å²) < 4.78 is 15.3. The first-order valence-corrected chi connectivity index (χ1v) is 13.3. The smallest absolute Gasteiger partial charge is 0.409 e. The van der Waals surface area contributed by atoms with Crippen LogP contribution in [-0.2, 0) is 33.4 Å². The molecule has 1 aromatic rings. The Kier molecular flexibility index (Phi) is 9.06. The zero-order valence-corrected chi connectivity index (χ0v) is 23.4. The molecule has 4 N–H and O–H groups in total. The number of ether oxygens (including phenoxy) is 3. The molecule has 212 valence electrons. The van der Waals surface area contributed by atoms with Crippen LogP contribution in [0.1, 0.15) is 26.5 Å². The van der Waals surface area contributed by atoms with Crippen LogP contribution in [-0.4, -0.2) is 100 Å². The van der Waals surface area contributed by atoms with Crippen molar-refractivity contribution in [1.82, 2.24) is 20.1 Å². The molecule has 0 spiro atoms. The van der Waals surface area contributed by atoms with Crippen molar-refractivity contribution in [2.75, 3.05) is 39.0 Å². The maximum Gasteiger partial charge on any atom is 0.409 e. The fourth-order valence-electron chi connectivity index (χ4n) is 3.30. The first-order chi connectivity index (χ1) is 18.3. The zero-order chi connectivity index (χ0) is 29.1. The molecule has 0 radical (unpaired) electrons. The van der Waals surface area contributed by atoms with Crippen LogP contribution in [0.3, 0.4) is 0 Å². The number of thioether (sulfide) groups is 1. The minimum Gasteiger partial charge on any atom is -0.445 e. The fourth-order valence-corrected chi connectivity index (χ4v) is 5.18. The van der Waals surface area contributed by atoms with Crippen molar-refractivity contribution in [3.8, 4) is 0 Å². The Bertz CT molecular complexity index is 1240. The molecule has 1 aromatic heterocycles. The largest absolute Gasteiger partial charge is 0.445 e. The Morgan fingerprint density at radius 3 is 2.51 bits per heavy atom. The van der Waals surface area contributed by atoms with Crippen molar-refractivity contribution in [1.29, 1.82) is 0 Å². The molecule has 2 aliphatic rings. The van der Waals surface area contributed by atoms with E-state index in [1.807, 2.05) is 0 Å². The summed E-state index contributed by atoms with van der Waals surface area (Å²) >= 11 is 2.24. The number of anilines is 1. The van der Waals surface area contributed by atoms with Crippen molar-refractivity contribution in [3.63, 3.8) is 0 Å². The Morgan fingerprint density at radius 1 is 1.26 bits per heavy atom. The first kappa shape index (κ1) is 29.7. The summed E-state index contributed by atoms with van der Waals surface area (Å²) in [7, 11) is 2.97. The van der Waals surface area contributed by atoms with Gasteiger partial charge < -0.3 is 35.4 Å². The predicted octanol–water partition coefficient (Wildman–Crippen LogP) is 0.346. The Labute approximate surface area is 231 Å². The molecular weight excluding hydrogens is 556 g/mol. The molecule has 3 rings (SSSR count). The summed E-state index contributed by atoms with van der Waals surface area (Å²) in [5.74, 6) is -2.98. The SMILES string of the molecule is CN(C)C(=O)OCC1=C(C(=O)OCOC(=O)C(C)(C)C)N2C(=O)C(NC(=O)/C(=N\O)c3csc(N)n3)C2SC1. The standard InChI is InChI=1S/C22H28N6O9S2/c1-22(2,3)19(32)37-9-36-18(31)14-10(6-35-21(33)27(4)5)7-38-17-13(16(30)28(14)17)25-15(29)12(26-34)11-8-39-20(23)24-11/h8,13,17,34H,6-7,9H2,1-5H3,(H2,23,24)(H,25,29)/b26-12-. The monoisotopic (exact) mass is 584 g/mol. The molecule has 3 amide bonds. The maximum atomic E-state index is 13.1. The van der Waals surface area contributed by atoms with Crippen molar-refractivity contribution in [3.05, 3.63) is 22.3 Å². The molecule has 0 aliphatic carbocycles. The molecule has 2 aliphatic heterocycles. The Hall–Kier alpha value is -3.86. The second-order valence-electron chi connectivity index (χ2n) is 9.51. The number of hydrogen-bond donors (Lipinski definition) is 3. The van der Waals surface area contributed by atoms with E-state index in [-0.39, 0.29) is 34.5 Å². The quantitative estimate of drug-likeness (QED) is 0.0946. The first-order valence-electron chi connectivity index (χ1n) is 11.4. The number of nitrogens with two attached hydrogens (primary N) is 1. The van der Waals surface area contributed by atoms with E-state index in [1.165, 1.54) is 36.1 Å². The van der Waals surface area contributed by atoms with Gasteiger partial charge in [-0.05, 0) is 20.8 Å². The van der Waals surface area contributed by atoms with Gasteiger partial charge in [-0.15, -0.1) is 23.1 Å². The number of aromatic nitrogens is 1. The number of rotatable bonds is 8. The van der Waals surface area contributed by atoms with Crippen LogP contribution in [0.25, 0.3) is 0 Å². The van der Waals surface area contributed by atoms with Crippen LogP contribution in [0.4, 0.5) is 9.93 Å². The van der Waals surface area contributed by atoms with Crippen molar-refractivity contribution < 1.29 is 43.4 Å². The van der Waals surface area contributed by atoms with Gasteiger partial charge in [-0.3, -0.25) is 19.3 Å². The molecule has 0 saturated carbocycles. The van der Waals surface area contributed by atoms with Crippen LogP contribution < -0.4 is 11.1 Å². The van der Waals surface area contributed by atoms with E-state index in [0.29, 0.717) is 0 Å². The molecule has 2 atom stereocenters. The lowest BCUT2D eigenvalue weighted by molar-refractivity contribution is -0.173. The zero-order valence-electron chi connectivity index (χ0n) is 21.7. The van der Waals surface area contributed by atoms with Gasteiger partial charge in [-0.25, -0.2) is 14.6 Å². The van der Waals surface area contributed by atoms with Gasteiger partial charge >= 0.3 is 18.0 Å². The van der Waals surface area contributed by atoms with Gasteiger partial charge in [0.1, 0.15) is 29.4 Å². The number of β-lactam (4-membered cyclic amide) rings is 1. The average molecular weight is 585 g/mol. The number of hydrogen-bond acceptors (Lipinski definition) is 14. The van der Waals surface area contributed by atoms with Gasteiger partial charge in [-0.1, -0.05) is 5.16 Å². The number of nitrogens with zero attached hydrogens (tertiary/aromatic N) is 4. The van der Waals surface area contributed by atoms with Gasteiger partial charge in [0.05, 0.1) is 5.41 Å². The number of fused-ring (bicyclic) bond motifs is 1. The average Bonchev–Trinajstić information content (AvgIpc) is 3.30. The lowest BCUT2D eigenvalue weighted by atomic mass is 9.98. The number of esters is 2. The highest BCUT2D eigenvalue weighted by atomic mass is 32.2. The van der Waals surface area contributed by atoms with E-state index in [0.717, 1.165) is 16.2 Å². The molecule has 0 aromatic carbocycles. The molecular formula is C22H28N6O9S2. The van der Waals surface area contributed by atoms with Crippen LogP contribution in [0, 0.1) is 5.41 Å². The Balaban J connectivity index is 1.77. The lowest BCUT2D eigenvalue weighted by Gasteiger charge is -2.49. The topological polar surface area (TPSA) is 203 Å². The molecule has 15 nitrogen and oxygen atoms in total. The number of thiazole rings is 1. The van der Waals surface area contributed by atoms with Crippen molar-refractivity contribution in [2.24, 2.45) is 10.6 Å². The van der Waals surface area contributed by atoms with Crippen LogP contribution in [0.15, 0.2) is 21.8 Å². The molecule has 17 heteroatoms. The normalized spacial score (nSPS) is 19.1. The summed E-state index contributed by atoms with van der Waals surface area (Å²) in [5, 5.41) is 15.6. The minimum absolute atomic E-state index is 0.0244. The van der Waals surface area contributed by atoms with E-state index in [4.69, 9.17) is 19.9 Å². The molecule has 1 fully saturated rings. The van der Waals surface area contributed by atoms with Crippen molar-refractivity contribution in [2.45, 2.75) is 32.2 Å². The highest BCUT2D eigenvalue weighted by Crippen LogP contribution is 2.41. The number of oxime groups is 1. The number of carbonyl (C=O) groups excluding carboxylic acids is 5. The van der Waals surface area contributed by atoms with Crippen LogP contribution in [0.2, 0.25) is 0 Å². The highest BCUT2D eigenvalue weighted by Gasteiger charge is 2.55. The third kappa shape index (κ3) is 6.59. The lowest BCUT2D eigenvalue weighted by Crippen LogP contribution is -2.71. The second-order valence-corrected chi connectivity index (χ2v) is 11.5. The summed E-state index contributed by atoms with van der Waals surface area (Å²) in [6.07, 6.45) is -0.667. The van der Waals surface area contributed by atoms with E-state index in [2.05, 4.69) is 15.5 Å². The Morgan fingerprint density at radius 2 is 1.95 bits per heavy atom. The second kappa shape index (κ2) is 11.9. The number of amides is 3. The van der Waals surface area contributed by atoms with Crippen LogP contribution >= 0.6 is 23.1 Å². The van der Waals surface area contributed by atoms with Gasteiger partial charge in [-0.2, -0.15) is 0 Å². The molecule has 3 heterocycles. The van der Waals surface area contributed by atoms with E-state index >= 15 is 0 Å². The number of nitrogens with one attached hydrogen (secondary N) is 1. The molecule has 1 saturated heterocycles. The fraction of sp³-hybridized carbons (Fsp3) is 0.500. The van der Waals surface area contributed by atoms with Gasteiger partial charge in [0.15, 0.2) is 10.8 Å². The van der Waals surface area contributed by atoms with E-state index < -0.39 is 59.2 Å². The van der Waals surface area contributed by atoms with Gasteiger partial charge in [0.2, 0.25) is 6.79 Å². The number of carbonyl (C=O) groups is 5. The number of nitrogen functional groups attached to an aromatic ring is 1. The van der Waals surface area contributed by atoms with Gasteiger partial charge in [0.25, 0.3) is 11.8 Å². The van der Waals surface area contributed by atoms with E-state index in [1.54, 1.807) is 20.8 Å². The van der Waals surface area contributed by atoms with Crippen molar-refractivity contribution >= 4 is 63.8 Å². The molecule has 2 unspecified atom stereocenters. The maximum absolute atomic E-state index is 13.1. The summed E-state index contributed by atoms with van der Waals surface area (Å²) in [4.78, 5) is 69.1. The highest BCUT2D eigenvalue weighted by molar-refractivity contribution is 8.00.